The Morgan fingerprint density at radius 1 is 1.22 bits per heavy atom. The number of sulfonamides is 1. The average molecular weight is 270 g/mol. The molecule has 0 atom stereocenters. The molecule has 18 heavy (non-hydrogen) atoms. The van der Waals surface area contributed by atoms with Gasteiger partial charge in [0, 0.05) is 19.1 Å². The van der Waals surface area contributed by atoms with Crippen molar-refractivity contribution in [2.75, 3.05) is 13.1 Å². The van der Waals surface area contributed by atoms with Crippen LogP contribution in [0.15, 0.2) is 23.1 Å². The van der Waals surface area contributed by atoms with Crippen LogP contribution < -0.4 is 5.73 Å². The topological polar surface area (TPSA) is 63.4 Å². The van der Waals surface area contributed by atoms with Crippen molar-refractivity contribution >= 4 is 10.0 Å². The summed E-state index contributed by atoms with van der Waals surface area (Å²) in [6, 6.07) is 5.11. The number of nitrogens with two attached hydrogens (primary N) is 1. The first kappa shape index (κ1) is 15.1. The molecule has 0 amide bonds. The number of hydrogen-bond acceptors (Lipinski definition) is 3. The molecule has 5 heteroatoms. The Kier molecular flexibility index (Phi) is 4.90. The Morgan fingerprint density at radius 3 is 2.28 bits per heavy atom. The summed E-state index contributed by atoms with van der Waals surface area (Å²) in [6.07, 6.45) is 0. The van der Waals surface area contributed by atoms with Crippen LogP contribution in [-0.2, 0) is 10.0 Å². The first-order valence-corrected chi connectivity index (χ1v) is 7.54. The molecule has 0 radical (unpaired) electrons. The van der Waals surface area contributed by atoms with E-state index in [-0.39, 0.29) is 6.04 Å². The van der Waals surface area contributed by atoms with E-state index in [0.717, 1.165) is 11.1 Å². The van der Waals surface area contributed by atoms with Gasteiger partial charge in [-0.2, -0.15) is 4.31 Å². The molecule has 0 aromatic heterocycles. The lowest BCUT2D eigenvalue weighted by Gasteiger charge is -2.25. The normalized spacial score (nSPS) is 12.4. The molecule has 0 heterocycles. The fourth-order valence-electron chi connectivity index (χ4n) is 1.79. The highest BCUT2D eigenvalue weighted by molar-refractivity contribution is 7.89. The lowest BCUT2D eigenvalue weighted by Crippen LogP contribution is -2.40. The minimum atomic E-state index is -3.45. The maximum atomic E-state index is 12.5. The molecule has 4 nitrogen and oxygen atoms in total. The van der Waals surface area contributed by atoms with E-state index in [0.29, 0.717) is 18.0 Å². The highest BCUT2D eigenvalue weighted by Gasteiger charge is 2.26. The Bertz CT molecular complexity index is 510. The largest absolute Gasteiger partial charge is 0.329 e. The van der Waals surface area contributed by atoms with Gasteiger partial charge in [-0.15, -0.1) is 0 Å². The van der Waals surface area contributed by atoms with Crippen molar-refractivity contribution in [3.05, 3.63) is 29.3 Å². The Balaban J connectivity index is 3.22. The van der Waals surface area contributed by atoms with Crippen LogP contribution in [0, 0.1) is 13.8 Å². The zero-order valence-electron chi connectivity index (χ0n) is 11.5. The van der Waals surface area contributed by atoms with Crippen LogP contribution in [0.5, 0.6) is 0 Å². The second-order valence-corrected chi connectivity index (χ2v) is 6.63. The molecule has 0 bridgehead atoms. The average Bonchev–Trinajstić information content (AvgIpc) is 2.28. The quantitative estimate of drug-likeness (QED) is 0.885. The van der Waals surface area contributed by atoms with E-state index in [2.05, 4.69) is 0 Å². The van der Waals surface area contributed by atoms with Crippen molar-refractivity contribution in [2.24, 2.45) is 5.73 Å². The lowest BCUT2D eigenvalue weighted by atomic mass is 10.1. The van der Waals surface area contributed by atoms with Crippen LogP contribution in [0.25, 0.3) is 0 Å². The van der Waals surface area contributed by atoms with Gasteiger partial charge in [0.25, 0.3) is 0 Å². The van der Waals surface area contributed by atoms with Crippen LogP contribution in [0.1, 0.15) is 25.0 Å². The van der Waals surface area contributed by atoms with E-state index in [1.807, 2.05) is 33.8 Å². The van der Waals surface area contributed by atoms with Gasteiger partial charge in [0.15, 0.2) is 0 Å². The van der Waals surface area contributed by atoms with Crippen LogP contribution in [0.2, 0.25) is 0 Å². The van der Waals surface area contributed by atoms with Crippen LogP contribution in [-0.4, -0.2) is 31.9 Å². The molecule has 0 fully saturated rings. The van der Waals surface area contributed by atoms with Gasteiger partial charge in [-0.05, 0) is 51.0 Å². The third kappa shape index (κ3) is 3.10. The molecule has 1 rings (SSSR count). The molecule has 1 aromatic rings. The van der Waals surface area contributed by atoms with Crippen molar-refractivity contribution in [1.29, 1.82) is 0 Å². The summed E-state index contributed by atoms with van der Waals surface area (Å²) >= 11 is 0. The molecule has 2 N–H and O–H groups in total. The molecule has 0 aliphatic heterocycles. The van der Waals surface area contributed by atoms with Gasteiger partial charge in [0.2, 0.25) is 10.0 Å². The summed E-state index contributed by atoms with van der Waals surface area (Å²) < 4.78 is 26.4. The SMILES string of the molecule is Cc1ccc(S(=O)(=O)N(CCN)C(C)C)cc1C. The minimum Gasteiger partial charge on any atom is -0.329 e. The molecule has 0 spiro atoms. The molecular weight excluding hydrogens is 248 g/mol. The molecular formula is C13H22N2O2S. The third-order valence-electron chi connectivity index (χ3n) is 3.01. The number of aryl methyl sites for hydroxylation is 2. The monoisotopic (exact) mass is 270 g/mol. The molecule has 0 aliphatic rings. The molecule has 0 saturated carbocycles. The summed E-state index contributed by atoms with van der Waals surface area (Å²) in [6.45, 7) is 8.25. The fraction of sp³-hybridized carbons (Fsp3) is 0.538. The minimum absolute atomic E-state index is 0.0971. The molecule has 0 aliphatic carbocycles. The predicted octanol–water partition coefficient (Wildman–Crippen LogP) is 1.66. The molecule has 1 aromatic carbocycles. The summed E-state index contributed by atoms with van der Waals surface area (Å²) in [5.74, 6) is 0. The van der Waals surface area contributed by atoms with Crippen LogP contribution in [0.3, 0.4) is 0 Å². The van der Waals surface area contributed by atoms with Crippen LogP contribution >= 0.6 is 0 Å². The second kappa shape index (κ2) is 5.82. The van der Waals surface area contributed by atoms with Gasteiger partial charge < -0.3 is 5.73 Å². The summed E-state index contributed by atoms with van der Waals surface area (Å²) in [4.78, 5) is 0.341. The van der Waals surface area contributed by atoms with Gasteiger partial charge in [0.05, 0.1) is 4.90 Å². The molecule has 0 saturated heterocycles. The molecule has 102 valence electrons. The van der Waals surface area contributed by atoms with E-state index < -0.39 is 10.0 Å². The van der Waals surface area contributed by atoms with E-state index in [4.69, 9.17) is 5.73 Å². The third-order valence-corrected chi connectivity index (χ3v) is 5.08. The van der Waals surface area contributed by atoms with E-state index in [9.17, 15) is 8.42 Å². The lowest BCUT2D eigenvalue weighted by molar-refractivity contribution is 0.361. The van der Waals surface area contributed by atoms with Crippen molar-refractivity contribution in [3.8, 4) is 0 Å². The second-order valence-electron chi connectivity index (χ2n) is 4.74. The van der Waals surface area contributed by atoms with Gasteiger partial charge in [-0.3, -0.25) is 0 Å². The van der Waals surface area contributed by atoms with Gasteiger partial charge in [-0.25, -0.2) is 8.42 Å². The van der Waals surface area contributed by atoms with Crippen molar-refractivity contribution in [2.45, 2.75) is 38.6 Å². The van der Waals surface area contributed by atoms with Gasteiger partial charge in [-0.1, -0.05) is 6.07 Å². The molecule has 0 unspecified atom stereocenters. The van der Waals surface area contributed by atoms with Gasteiger partial charge >= 0.3 is 0 Å². The zero-order valence-corrected chi connectivity index (χ0v) is 12.3. The first-order chi connectivity index (χ1) is 8.30. The number of hydrogen-bond donors (Lipinski definition) is 1. The summed E-state index contributed by atoms with van der Waals surface area (Å²) in [5.41, 5.74) is 7.56. The Morgan fingerprint density at radius 2 is 1.83 bits per heavy atom. The van der Waals surface area contributed by atoms with Crippen molar-refractivity contribution < 1.29 is 8.42 Å². The van der Waals surface area contributed by atoms with E-state index in [1.165, 1.54) is 4.31 Å². The number of nitrogens with zero attached hydrogens (tertiary/aromatic N) is 1. The number of benzene rings is 1. The smallest absolute Gasteiger partial charge is 0.243 e. The summed E-state index contributed by atoms with van der Waals surface area (Å²) in [7, 11) is -3.45. The highest BCUT2D eigenvalue weighted by atomic mass is 32.2. The maximum Gasteiger partial charge on any atom is 0.243 e. The predicted molar refractivity (Wildman–Crippen MR) is 74.0 cm³/mol. The fourth-order valence-corrected chi connectivity index (χ4v) is 3.53. The zero-order chi connectivity index (χ0) is 13.9. The van der Waals surface area contributed by atoms with E-state index >= 15 is 0 Å². The maximum absolute atomic E-state index is 12.5. The van der Waals surface area contributed by atoms with Crippen LogP contribution in [0.4, 0.5) is 0 Å². The number of rotatable bonds is 5. The van der Waals surface area contributed by atoms with Crippen molar-refractivity contribution in [1.82, 2.24) is 4.31 Å². The first-order valence-electron chi connectivity index (χ1n) is 6.10. The van der Waals surface area contributed by atoms with Crippen molar-refractivity contribution in [3.63, 3.8) is 0 Å². The Labute approximate surface area is 110 Å². The standard InChI is InChI=1S/C13H22N2O2S/c1-10(2)15(8-7-14)18(16,17)13-6-5-11(3)12(4)9-13/h5-6,9-10H,7-8,14H2,1-4H3. The summed E-state index contributed by atoms with van der Waals surface area (Å²) in [5, 5.41) is 0. The highest BCUT2D eigenvalue weighted by Crippen LogP contribution is 2.20. The van der Waals surface area contributed by atoms with Gasteiger partial charge in [0.1, 0.15) is 0 Å². The Hall–Kier alpha value is -0.910. The van der Waals surface area contributed by atoms with E-state index in [1.54, 1.807) is 12.1 Å².